The predicted octanol–water partition coefficient (Wildman–Crippen LogP) is 5.47. The predicted molar refractivity (Wildman–Crippen MR) is 92.7 cm³/mol. The fourth-order valence-electron chi connectivity index (χ4n) is 2.24. The first-order valence-electron chi connectivity index (χ1n) is 7.23. The molecule has 0 radical (unpaired) electrons. The zero-order valence-corrected chi connectivity index (χ0v) is 14.8. The molecule has 1 heterocycles. The van der Waals surface area contributed by atoms with Crippen molar-refractivity contribution in [2.45, 2.75) is 39.7 Å². The SMILES string of the molecule is CCCNC(c1ccc(CC)cc1)c1cc(Br)c(C)s1. The molecule has 1 nitrogen and oxygen atoms in total. The summed E-state index contributed by atoms with van der Waals surface area (Å²) >= 11 is 5.50. The third-order valence-corrected chi connectivity index (χ3v) is 5.68. The number of thiophene rings is 1. The molecule has 0 aliphatic heterocycles. The summed E-state index contributed by atoms with van der Waals surface area (Å²) < 4.78 is 1.21. The average Bonchev–Trinajstić information content (AvgIpc) is 2.79. The van der Waals surface area contributed by atoms with Crippen LogP contribution in [-0.4, -0.2) is 6.54 Å². The second kappa shape index (κ2) is 7.39. The van der Waals surface area contributed by atoms with Crippen LogP contribution >= 0.6 is 27.3 Å². The molecule has 2 rings (SSSR count). The van der Waals surface area contributed by atoms with Gasteiger partial charge in [0.05, 0.1) is 6.04 Å². The Morgan fingerprint density at radius 2 is 1.90 bits per heavy atom. The smallest absolute Gasteiger partial charge is 0.0671 e. The van der Waals surface area contributed by atoms with Gasteiger partial charge in [-0.25, -0.2) is 0 Å². The molecule has 1 atom stereocenters. The van der Waals surface area contributed by atoms with E-state index in [1.165, 1.54) is 25.4 Å². The van der Waals surface area contributed by atoms with Crippen molar-refractivity contribution < 1.29 is 0 Å². The molecular weight excluding hydrogens is 330 g/mol. The lowest BCUT2D eigenvalue weighted by Crippen LogP contribution is -2.22. The molecule has 3 heteroatoms. The molecular formula is C17H22BrNS. The van der Waals surface area contributed by atoms with E-state index in [4.69, 9.17) is 0 Å². The number of nitrogens with one attached hydrogen (secondary N) is 1. The fourth-order valence-corrected chi connectivity index (χ4v) is 3.91. The lowest BCUT2D eigenvalue weighted by molar-refractivity contribution is 0.605. The minimum absolute atomic E-state index is 0.302. The van der Waals surface area contributed by atoms with E-state index in [1.54, 1.807) is 0 Å². The summed E-state index contributed by atoms with van der Waals surface area (Å²) in [5.74, 6) is 0. The van der Waals surface area contributed by atoms with E-state index in [1.807, 2.05) is 11.3 Å². The van der Waals surface area contributed by atoms with Crippen molar-refractivity contribution in [1.29, 1.82) is 0 Å². The molecule has 2 aromatic rings. The third kappa shape index (κ3) is 3.72. The normalized spacial score (nSPS) is 12.6. The van der Waals surface area contributed by atoms with Gasteiger partial charge in [0, 0.05) is 14.2 Å². The summed E-state index contributed by atoms with van der Waals surface area (Å²) in [5.41, 5.74) is 2.75. The maximum absolute atomic E-state index is 3.67. The third-order valence-electron chi connectivity index (χ3n) is 3.48. The maximum atomic E-state index is 3.67. The maximum Gasteiger partial charge on any atom is 0.0671 e. The van der Waals surface area contributed by atoms with Crippen LogP contribution in [0.5, 0.6) is 0 Å². The number of halogens is 1. The zero-order valence-electron chi connectivity index (χ0n) is 12.4. The van der Waals surface area contributed by atoms with Crippen LogP contribution in [0.3, 0.4) is 0 Å². The molecule has 0 saturated heterocycles. The second-order valence-electron chi connectivity index (χ2n) is 5.04. The first-order valence-corrected chi connectivity index (χ1v) is 8.84. The van der Waals surface area contributed by atoms with Gasteiger partial charge in [0.25, 0.3) is 0 Å². The van der Waals surface area contributed by atoms with E-state index in [-0.39, 0.29) is 0 Å². The molecule has 0 fully saturated rings. The van der Waals surface area contributed by atoms with Gasteiger partial charge in [-0.05, 0) is 59.4 Å². The van der Waals surface area contributed by atoms with Gasteiger partial charge < -0.3 is 5.32 Å². The van der Waals surface area contributed by atoms with Crippen molar-refractivity contribution in [1.82, 2.24) is 5.32 Å². The Hall–Kier alpha value is -0.640. The number of hydrogen-bond donors (Lipinski definition) is 1. The molecule has 0 saturated carbocycles. The Kier molecular flexibility index (Phi) is 5.82. The summed E-state index contributed by atoms with van der Waals surface area (Å²) in [6, 6.07) is 11.6. The van der Waals surface area contributed by atoms with Crippen LogP contribution < -0.4 is 5.32 Å². The van der Waals surface area contributed by atoms with E-state index >= 15 is 0 Å². The van der Waals surface area contributed by atoms with Crippen LogP contribution in [0.1, 0.15) is 47.2 Å². The minimum atomic E-state index is 0.302. The molecule has 0 aliphatic rings. The highest BCUT2D eigenvalue weighted by atomic mass is 79.9. The second-order valence-corrected chi connectivity index (χ2v) is 7.18. The first-order chi connectivity index (χ1) is 9.65. The number of rotatable bonds is 6. The molecule has 1 aromatic carbocycles. The van der Waals surface area contributed by atoms with Crippen molar-refractivity contribution in [3.8, 4) is 0 Å². The molecule has 0 bridgehead atoms. The molecule has 1 N–H and O–H groups in total. The Bertz CT molecular complexity index is 525. The number of aryl methyl sites for hydroxylation is 2. The topological polar surface area (TPSA) is 12.0 Å². The highest BCUT2D eigenvalue weighted by Gasteiger charge is 2.16. The molecule has 108 valence electrons. The van der Waals surface area contributed by atoms with Crippen molar-refractivity contribution in [3.63, 3.8) is 0 Å². The van der Waals surface area contributed by atoms with Gasteiger partial charge in [-0.3, -0.25) is 0 Å². The fraction of sp³-hybridized carbons (Fsp3) is 0.412. The van der Waals surface area contributed by atoms with E-state index in [0.29, 0.717) is 6.04 Å². The summed E-state index contributed by atoms with van der Waals surface area (Å²) in [4.78, 5) is 2.72. The standard InChI is InChI=1S/C17H22BrNS/c1-4-10-19-17(16-11-15(18)12(3)20-16)14-8-6-13(5-2)7-9-14/h6-9,11,17,19H,4-5,10H2,1-3H3. The van der Waals surface area contributed by atoms with Crippen molar-refractivity contribution in [2.75, 3.05) is 6.54 Å². The van der Waals surface area contributed by atoms with Crippen LogP contribution in [0.4, 0.5) is 0 Å². The highest BCUT2D eigenvalue weighted by molar-refractivity contribution is 9.10. The van der Waals surface area contributed by atoms with Gasteiger partial charge in [-0.15, -0.1) is 11.3 Å². The first kappa shape index (κ1) is 15.7. The van der Waals surface area contributed by atoms with Crippen LogP contribution in [0.15, 0.2) is 34.8 Å². The van der Waals surface area contributed by atoms with Gasteiger partial charge in [-0.1, -0.05) is 38.1 Å². The molecule has 1 unspecified atom stereocenters. The van der Waals surface area contributed by atoms with Crippen molar-refractivity contribution in [3.05, 3.63) is 55.7 Å². The number of hydrogen-bond acceptors (Lipinski definition) is 2. The molecule has 20 heavy (non-hydrogen) atoms. The minimum Gasteiger partial charge on any atom is -0.306 e. The molecule has 1 aromatic heterocycles. The summed E-state index contributed by atoms with van der Waals surface area (Å²) in [6.07, 6.45) is 2.24. The molecule has 0 aliphatic carbocycles. The van der Waals surface area contributed by atoms with Crippen molar-refractivity contribution in [2.24, 2.45) is 0 Å². The Morgan fingerprint density at radius 3 is 2.40 bits per heavy atom. The van der Waals surface area contributed by atoms with E-state index in [2.05, 4.69) is 72.3 Å². The summed E-state index contributed by atoms with van der Waals surface area (Å²) in [6.45, 7) is 7.60. The Balaban J connectivity index is 2.30. The van der Waals surface area contributed by atoms with Gasteiger partial charge in [-0.2, -0.15) is 0 Å². The quantitative estimate of drug-likeness (QED) is 0.727. The van der Waals surface area contributed by atoms with Gasteiger partial charge >= 0.3 is 0 Å². The van der Waals surface area contributed by atoms with E-state index in [9.17, 15) is 0 Å². The largest absolute Gasteiger partial charge is 0.306 e. The number of benzene rings is 1. The van der Waals surface area contributed by atoms with Crippen LogP contribution in [0, 0.1) is 6.92 Å². The van der Waals surface area contributed by atoms with Crippen LogP contribution in [0.25, 0.3) is 0 Å². The van der Waals surface area contributed by atoms with Gasteiger partial charge in [0.15, 0.2) is 0 Å². The Morgan fingerprint density at radius 1 is 1.20 bits per heavy atom. The average molecular weight is 352 g/mol. The van der Waals surface area contributed by atoms with Crippen LogP contribution in [0.2, 0.25) is 0 Å². The molecule has 0 spiro atoms. The van der Waals surface area contributed by atoms with Crippen molar-refractivity contribution >= 4 is 27.3 Å². The lowest BCUT2D eigenvalue weighted by atomic mass is 10.0. The van der Waals surface area contributed by atoms with Gasteiger partial charge in [0.2, 0.25) is 0 Å². The van der Waals surface area contributed by atoms with Gasteiger partial charge in [0.1, 0.15) is 0 Å². The lowest BCUT2D eigenvalue weighted by Gasteiger charge is -2.18. The Labute approximate surface area is 134 Å². The molecule has 0 amide bonds. The summed E-state index contributed by atoms with van der Waals surface area (Å²) in [5, 5.41) is 3.67. The van der Waals surface area contributed by atoms with E-state index < -0.39 is 0 Å². The van der Waals surface area contributed by atoms with Crippen LogP contribution in [-0.2, 0) is 6.42 Å². The highest BCUT2D eigenvalue weighted by Crippen LogP contribution is 2.33. The monoisotopic (exact) mass is 351 g/mol. The van der Waals surface area contributed by atoms with E-state index in [0.717, 1.165) is 19.4 Å². The zero-order chi connectivity index (χ0) is 14.5. The summed E-state index contributed by atoms with van der Waals surface area (Å²) in [7, 11) is 0.